The molecule has 1 aromatic heterocycles. The SMILES string of the molecule is C=C(C)/C(C)=C\N(C)c1cccnc1. The zero-order chi connectivity index (χ0) is 10.6. The molecule has 0 saturated carbocycles. The molecule has 0 bridgehead atoms. The number of pyridine rings is 1. The van der Waals surface area contributed by atoms with Gasteiger partial charge in [-0.15, -0.1) is 0 Å². The highest BCUT2D eigenvalue weighted by Crippen LogP contribution is 2.13. The van der Waals surface area contributed by atoms with Crippen molar-refractivity contribution < 1.29 is 0 Å². The number of aromatic nitrogens is 1. The Balaban J connectivity index is 2.82. The van der Waals surface area contributed by atoms with Gasteiger partial charge in [-0.3, -0.25) is 4.98 Å². The number of allylic oxidation sites excluding steroid dienone is 2. The fraction of sp³-hybridized carbons (Fsp3) is 0.250. The van der Waals surface area contributed by atoms with Crippen molar-refractivity contribution in [2.24, 2.45) is 0 Å². The molecule has 0 N–H and O–H groups in total. The minimum Gasteiger partial charge on any atom is -0.350 e. The third-order valence-electron chi connectivity index (χ3n) is 2.11. The van der Waals surface area contributed by atoms with E-state index in [0.29, 0.717) is 0 Å². The van der Waals surface area contributed by atoms with Gasteiger partial charge in [0.25, 0.3) is 0 Å². The fourth-order valence-corrected chi connectivity index (χ4v) is 1.04. The minimum absolute atomic E-state index is 1.08. The van der Waals surface area contributed by atoms with E-state index < -0.39 is 0 Å². The van der Waals surface area contributed by atoms with Gasteiger partial charge in [-0.2, -0.15) is 0 Å². The summed E-state index contributed by atoms with van der Waals surface area (Å²) in [6.45, 7) is 7.94. The first-order valence-corrected chi connectivity index (χ1v) is 4.58. The van der Waals surface area contributed by atoms with E-state index in [1.54, 1.807) is 6.20 Å². The summed E-state index contributed by atoms with van der Waals surface area (Å²) in [5, 5.41) is 0. The van der Waals surface area contributed by atoms with Gasteiger partial charge in [0.05, 0.1) is 11.9 Å². The molecule has 74 valence electrons. The quantitative estimate of drug-likeness (QED) is 0.678. The lowest BCUT2D eigenvalue weighted by atomic mass is 10.2. The minimum atomic E-state index is 1.08. The Morgan fingerprint density at radius 2 is 2.21 bits per heavy atom. The van der Waals surface area contributed by atoms with Gasteiger partial charge in [0.15, 0.2) is 0 Å². The van der Waals surface area contributed by atoms with Gasteiger partial charge >= 0.3 is 0 Å². The Hall–Kier alpha value is -1.57. The van der Waals surface area contributed by atoms with Crippen molar-refractivity contribution >= 4 is 5.69 Å². The van der Waals surface area contributed by atoms with Crippen LogP contribution in [-0.4, -0.2) is 12.0 Å². The number of hydrogen-bond acceptors (Lipinski definition) is 2. The number of hydrogen-bond donors (Lipinski definition) is 0. The summed E-state index contributed by atoms with van der Waals surface area (Å²) in [5.41, 5.74) is 3.34. The number of nitrogens with zero attached hydrogens (tertiary/aromatic N) is 2. The molecule has 2 nitrogen and oxygen atoms in total. The molecule has 0 fully saturated rings. The topological polar surface area (TPSA) is 16.1 Å². The fourth-order valence-electron chi connectivity index (χ4n) is 1.04. The van der Waals surface area contributed by atoms with Crippen LogP contribution < -0.4 is 4.90 Å². The van der Waals surface area contributed by atoms with Crippen LogP contribution in [0.2, 0.25) is 0 Å². The zero-order valence-electron chi connectivity index (χ0n) is 8.99. The molecule has 1 aromatic rings. The highest BCUT2D eigenvalue weighted by Gasteiger charge is 1.97. The first-order chi connectivity index (χ1) is 6.61. The maximum absolute atomic E-state index is 4.06. The van der Waals surface area contributed by atoms with Crippen molar-refractivity contribution in [3.8, 4) is 0 Å². The van der Waals surface area contributed by atoms with Gasteiger partial charge in [0.1, 0.15) is 0 Å². The molecule has 0 radical (unpaired) electrons. The van der Waals surface area contributed by atoms with Crippen LogP contribution in [0, 0.1) is 0 Å². The predicted molar refractivity (Wildman–Crippen MR) is 61.2 cm³/mol. The van der Waals surface area contributed by atoms with E-state index in [2.05, 4.69) is 24.7 Å². The Morgan fingerprint density at radius 1 is 1.50 bits per heavy atom. The zero-order valence-corrected chi connectivity index (χ0v) is 8.99. The lowest BCUT2D eigenvalue weighted by molar-refractivity contribution is 1.14. The van der Waals surface area contributed by atoms with Crippen LogP contribution in [-0.2, 0) is 0 Å². The second-order valence-electron chi connectivity index (χ2n) is 3.41. The molecule has 0 aromatic carbocycles. The maximum Gasteiger partial charge on any atom is 0.0590 e. The van der Waals surface area contributed by atoms with E-state index in [1.807, 2.05) is 37.2 Å². The van der Waals surface area contributed by atoms with Crippen LogP contribution in [0.4, 0.5) is 5.69 Å². The number of anilines is 1. The molecule has 1 rings (SSSR count). The predicted octanol–water partition coefficient (Wildman–Crippen LogP) is 3.00. The van der Waals surface area contributed by atoms with Gasteiger partial charge in [-0.05, 0) is 31.6 Å². The smallest absolute Gasteiger partial charge is 0.0590 e. The first kappa shape index (κ1) is 10.5. The lowest BCUT2D eigenvalue weighted by Gasteiger charge is -2.15. The summed E-state index contributed by atoms with van der Waals surface area (Å²) < 4.78 is 0. The summed E-state index contributed by atoms with van der Waals surface area (Å²) in [7, 11) is 2.00. The van der Waals surface area contributed by atoms with E-state index >= 15 is 0 Å². The number of rotatable bonds is 3. The third kappa shape index (κ3) is 2.73. The van der Waals surface area contributed by atoms with E-state index in [0.717, 1.165) is 11.3 Å². The van der Waals surface area contributed by atoms with Gasteiger partial charge < -0.3 is 4.90 Å². The molecule has 0 spiro atoms. The summed E-state index contributed by atoms with van der Waals surface area (Å²) in [5.74, 6) is 0. The van der Waals surface area contributed by atoms with Crippen LogP contribution >= 0.6 is 0 Å². The Kier molecular flexibility index (Phi) is 3.46. The second-order valence-corrected chi connectivity index (χ2v) is 3.41. The molecule has 0 amide bonds. The Labute approximate surface area is 85.6 Å². The molecule has 0 atom stereocenters. The molecule has 0 aliphatic heterocycles. The molecule has 0 unspecified atom stereocenters. The average molecular weight is 188 g/mol. The van der Waals surface area contributed by atoms with Crippen LogP contribution in [0.15, 0.2) is 48.5 Å². The van der Waals surface area contributed by atoms with Crippen LogP contribution in [0.1, 0.15) is 13.8 Å². The molecular formula is C12H16N2. The van der Waals surface area contributed by atoms with E-state index in [-0.39, 0.29) is 0 Å². The van der Waals surface area contributed by atoms with Crippen molar-refractivity contribution in [2.45, 2.75) is 13.8 Å². The average Bonchev–Trinajstić information content (AvgIpc) is 2.19. The summed E-state index contributed by atoms with van der Waals surface area (Å²) in [4.78, 5) is 6.10. The Morgan fingerprint density at radius 3 is 2.71 bits per heavy atom. The lowest BCUT2D eigenvalue weighted by Crippen LogP contribution is -2.09. The molecule has 2 heteroatoms. The van der Waals surface area contributed by atoms with Gasteiger partial charge in [-0.25, -0.2) is 0 Å². The molecule has 1 heterocycles. The summed E-state index contributed by atoms with van der Waals surface area (Å²) >= 11 is 0. The Bertz CT molecular complexity index is 339. The molecule has 0 aliphatic carbocycles. The summed E-state index contributed by atoms with van der Waals surface area (Å²) in [6.07, 6.45) is 5.66. The monoisotopic (exact) mass is 188 g/mol. The molecule has 0 saturated heterocycles. The summed E-state index contributed by atoms with van der Waals surface area (Å²) in [6, 6.07) is 3.95. The molecular weight excluding hydrogens is 172 g/mol. The van der Waals surface area contributed by atoms with Crippen molar-refractivity contribution in [3.05, 3.63) is 48.5 Å². The van der Waals surface area contributed by atoms with Crippen molar-refractivity contribution in [3.63, 3.8) is 0 Å². The standard InChI is InChI=1S/C12H16N2/c1-10(2)11(3)9-14(4)12-6-5-7-13-8-12/h5-9H,1H2,2-4H3/b11-9-. The van der Waals surface area contributed by atoms with E-state index in [4.69, 9.17) is 0 Å². The second kappa shape index (κ2) is 4.61. The maximum atomic E-state index is 4.06. The third-order valence-corrected chi connectivity index (χ3v) is 2.11. The van der Waals surface area contributed by atoms with Gasteiger partial charge in [0.2, 0.25) is 0 Å². The first-order valence-electron chi connectivity index (χ1n) is 4.58. The highest BCUT2D eigenvalue weighted by atomic mass is 15.1. The highest BCUT2D eigenvalue weighted by molar-refractivity contribution is 5.47. The van der Waals surface area contributed by atoms with Crippen molar-refractivity contribution in [1.29, 1.82) is 0 Å². The van der Waals surface area contributed by atoms with Gasteiger partial charge in [0, 0.05) is 19.4 Å². The van der Waals surface area contributed by atoms with Crippen molar-refractivity contribution in [1.82, 2.24) is 4.98 Å². The van der Waals surface area contributed by atoms with Crippen LogP contribution in [0.3, 0.4) is 0 Å². The van der Waals surface area contributed by atoms with E-state index in [9.17, 15) is 0 Å². The largest absolute Gasteiger partial charge is 0.350 e. The van der Waals surface area contributed by atoms with Crippen LogP contribution in [0.5, 0.6) is 0 Å². The molecule has 14 heavy (non-hydrogen) atoms. The van der Waals surface area contributed by atoms with Crippen LogP contribution in [0.25, 0.3) is 0 Å². The van der Waals surface area contributed by atoms with E-state index in [1.165, 1.54) is 5.57 Å². The normalized spacial score (nSPS) is 11.2. The molecule has 0 aliphatic rings. The van der Waals surface area contributed by atoms with Crippen molar-refractivity contribution in [2.75, 3.05) is 11.9 Å². The van der Waals surface area contributed by atoms with Gasteiger partial charge in [-0.1, -0.05) is 12.2 Å².